The van der Waals surface area contributed by atoms with Gasteiger partial charge in [-0.05, 0) is 38.4 Å². The van der Waals surface area contributed by atoms with E-state index in [2.05, 4.69) is 35.2 Å². The van der Waals surface area contributed by atoms with Crippen LogP contribution in [0.25, 0.3) is 0 Å². The first kappa shape index (κ1) is 10.4. The molecular formula is C12H19N3. The molecular weight excluding hydrogens is 186 g/mol. The summed E-state index contributed by atoms with van der Waals surface area (Å²) in [6.07, 6.45) is 3.20. The van der Waals surface area contributed by atoms with E-state index in [9.17, 15) is 0 Å². The summed E-state index contributed by atoms with van der Waals surface area (Å²) in [5, 5.41) is 3.40. The van der Waals surface area contributed by atoms with Crippen LogP contribution in [-0.4, -0.2) is 31.2 Å². The molecule has 2 rings (SSSR count). The molecule has 0 aliphatic carbocycles. The first-order valence-corrected chi connectivity index (χ1v) is 5.55. The Hall–Kier alpha value is -1.09. The Kier molecular flexibility index (Phi) is 2.91. The van der Waals surface area contributed by atoms with Gasteiger partial charge in [0.05, 0.1) is 0 Å². The summed E-state index contributed by atoms with van der Waals surface area (Å²) in [5.74, 6) is 0. The minimum Gasteiger partial charge on any atom is -0.370 e. The Morgan fingerprint density at radius 2 is 2.27 bits per heavy atom. The van der Waals surface area contributed by atoms with E-state index in [1.807, 2.05) is 13.1 Å². The summed E-state index contributed by atoms with van der Waals surface area (Å²) < 4.78 is 0. The van der Waals surface area contributed by atoms with E-state index < -0.39 is 0 Å². The zero-order valence-electron chi connectivity index (χ0n) is 9.75. The maximum Gasteiger partial charge on any atom is 0.0429 e. The van der Waals surface area contributed by atoms with Crippen molar-refractivity contribution in [3.63, 3.8) is 0 Å². The highest BCUT2D eigenvalue weighted by molar-refractivity contribution is 5.53. The fraction of sp³-hybridized carbons (Fsp3) is 0.583. The number of aromatic nitrogens is 1. The monoisotopic (exact) mass is 205 g/mol. The molecule has 82 valence electrons. The lowest BCUT2D eigenvalue weighted by atomic mass is 10.1. The van der Waals surface area contributed by atoms with Crippen molar-refractivity contribution in [3.05, 3.63) is 23.5 Å². The number of likely N-dealkylation sites (N-methyl/N-ethyl adjacent to an activating group) is 1. The fourth-order valence-corrected chi connectivity index (χ4v) is 2.16. The number of nitrogens with zero attached hydrogens (tertiary/aromatic N) is 2. The van der Waals surface area contributed by atoms with Crippen LogP contribution in [0, 0.1) is 13.8 Å². The first-order valence-electron chi connectivity index (χ1n) is 5.55. The van der Waals surface area contributed by atoms with Gasteiger partial charge >= 0.3 is 0 Å². The van der Waals surface area contributed by atoms with E-state index in [0.29, 0.717) is 6.04 Å². The van der Waals surface area contributed by atoms with Crippen molar-refractivity contribution >= 4 is 5.69 Å². The summed E-state index contributed by atoms with van der Waals surface area (Å²) in [6, 6.07) is 2.80. The van der Waals surface area contributed by atoms with Crippen molar-refractivity contribution in [2.45, 2.75) is 26.3 Å². The van der Waals surface area contributed by atoms with Gasteiger partial charge in [0.15, 0.2) is 0 Å². The second-order valence-electron chi connectivity index (χ2n) is 4.37. The van der Waals surface area contributed by atoms with Crippen LogP contribution in [0.5, 0.6) is 0 Å². The second kappa shape index (κ2) is 4.19. The molecule has 1 N–H and O–H groups in total. The molecule has 1 unspecified atom stereocenters. The standard InChI is InChI=1S/C12H19N3/c1-9-7-14-10(2)6-12(9)15(3)11-4-5-13-8-11/h6-7,11,13H,4-5,8H2,1-3H3. The van der Waals surface area contributed by atoms with E-state index in [-0.39, 0.29) is 0 Å². The Morgan fingerprint density at radius 3 is 2.93 bits per heavy atom. The quantitative estimate of drug-likeness (QED) is 0.793. The summed E-state index contributed by atoms with van der Waals surface area (Å²) in [7, 11) is 2.18. The molecule has 0 radical (unpaired) electrons. The van der Waals surface area contributed by atoms with Gasteiger partial charge in [0.1, 0.15) is 0 Å². The van der Waals surface area contributed by atoms with E-state index in [1.165, 1.54) is 17.7 Å². The minimum absolute atomic E-state index is 0.630. The average molecular weight is 205 g/mol. The van der Waals surface area contributed by atoms with Crippen LogP contribution >= 0.6 is 0 Å². The van der Waals surface area contributed by atoms with Gasteiger partial charge in [-0.2, -0.15) is 0 Å². The maximum atomic E-state index is 4.31. The Morgan fingerprint density at radius 1 is 1.47 bits per heavy atom. The topological polar surface area (TPSA) is 28.2 Å². The van der Waals surface area contributed by atoms with Crippen molar-refractivity contribution in [3.8, 4) is 0 Å². The van der Waals surface area contributed by atoms with E-state index in [0.717, 1.165) is 18.8 Å². The molecule has 0 amide bonds. The van der Waals surface area contributed by atoms with Gasteiger partial charge < -0.3 is 10.2 Å². The highest BCUT2D eigenvalue weighted by Gasteiger charge is 2.20. The molecule has 1 aromatic heterocycles. The zero-order chi connectivity index (χ0) is 10.8. The van der Waals surface area contributed by atoms with Gasteiger partial charge in [-0.25, -0.2) is 0 Å². The molecule has 0 bridgehead atoms. The predicted octanol–water partition coefficient (Wildman–Crippen LogP) is 1.50. The molecule has 0 spiro atoms. The lowest BCUT2D eigenvalue weighted by Crippen LogP contribution is -2.33. The van der Waals surface area contributed by atoms with Gasteiger partial charge in [0.25, 0.3) is 0 Å². The summed E-state index contributed by atoms with van der Waals surface area (Å²) in [6.45, 7) is 6.40. The smallest absolute Gasteiger partial charge is 0.0429 e. The molecule has 15 heavy (non-hydrogen) atoms. The van der Waals surface area contributed by atoms with Crippen molar-refractivity contribution in [1.82, 2.24) is 10.3 Å². The van der Waals surface area contributed by atoms with E-state index in [1.54, 1.807) is 0 Å². The average Bonchev–Trinajstić information content (AvgIpc) is 2.74. The fourth-order valence-electron chi connectivity index (χ4n) is 2.16. The number of hydrogen-bond donors (Lipinski definition) is 1. The van der Waals surface area contributed by atoms with Crippen molar-refractivity contribution in [2.24, 2.45) is 0 Å². The number of pyridine rings is 1. The van der Waals surface area contributed by atoms with Crippen LogP contribution in [0.1, 0.15) is 17.7 Å². The third-order valence-corrected chi connectivity index (χ3v) is 3.17. The highest BCUT2D eigenvalue weighted by atomic mass is 15.2. The number of aryl methyl sites for hydroxylation is 2. The van der Waals surface area contributed by atoms with Gasteiger partial charge in [0, 0.05) is 37.2 Å². The van der Waals surface area contributed by atoms with Crippen LogP contribution in [0.2, 0.25) is 0 Å². The third-order valence-electron chi connectivity index (χ3n) is 3.17. The second-order valence-corrected chi connectivity index (χ2v) is 4.37. The Bertz CT molecular complexity index is 343. The van der Waals surface area contributed by atoms with Crippen molar-refractivity contribution in [2.75, 3.05) is 25.0 Å². The van der Waals surface area contributed by atoms with Crippen LogP contribution in [0.15, 0.2) is 12.3 Å². The molecule has 3 heteroatoms. The Balaban J connectivity index is 2.23. The molecule has 1 aromatic rings. The van der Waals surface area contributed by atoms with Gasteiger partial charge in [-0.3, -0.25) is 4.98 Å². The van der Waals surface area contributed by atoms with Crippen LogP contribution in [0.3, 0.4) is 0 Å². The lowest BCUT2D eigenvalue weighted by Gasteiger charge is -2.27. The van der Waals surface area contributed by atoms with Gasteiger partial charge in [-0.15, -0.1) is 0 Å². The molecule has 3 nitrogen and oxygen atoms in total. The first-order chi connectivity index (χ1) is 7.18. The molecule has 1 saturated heterocycles. The van der Waals surface area contributed by atoms with Crippen LogP contribution < -0.4 is 10.2 Å². The molecule has 1 atom stereocenters. The number of nitrogens with one attached hydrogen (secondary N) is 1. The zero-order valence-corrected chi connectivity index (χ0v) is 9.75. The highest BCUT2D eigenvalue weighted by Crippen LogP contribution is 2.22. The number of hydrogen-bond acceptors (Lipinski definition) is 3. The molecule has 0 saturated carbocycles. The SMILES string of the molecule is Cc1cc(N(C)C2CCNC2)c(C)cn1. The summed E-state index contributed by atoms with van der Waals surface area (Å²) in [4.78, 5) is 6.69. The van der Waals surface area contributed by atoms with Gasteiger partial charge in [0.2, 0.25) is 0 Å². The van der Waals surface area contributed by atoms with Crippen molar-refractivity contribution in [1.29, 1.82) is 0 Å². The molecule has 0 aromatic carbocycles. The van der Waals surface area contributed by atoms with Gasteiger partial charge in [-0.1, -0.05) is 0 Å². The number of anilines is 1. The molecule has 1 aliphatic rings. The molecule has 1 fully saturated rings. The normalized spacial score (nSPS) is 20.6. The lowest BCUT2D eigenvalue weighted by molar-refractivity contribution is 0.683. The van der Waals surface area contributed by atoms with Crippen LogP contribution in [-0.2, 0) is 0 Å². The minimum atomic E-state index is 0.630. The van der Waals surface area contributed by atoms with E-state index >= 15 is 0 Å². The maximum absolute atomic E-state index is 4.31. The summed E-state index contributed by atoms with van der Waals surface area (Å²) >= 11 is 0. The molecule has 1 aliphatic heterocycles. The Labute approximate surface area is 91.5 Å². The molecule has 2 heterocycles. The van der Waals surface area contributed by atoms with Crippen molar-refractivity contribution < 1.29 is 0 Å². The summed E-state index contributed by atoms with van der Waals surface area (Å²) in [5.41, 5.74) is 3.67. The van der Waals surface area contributed by atoms with Crippen LogP contribution in [0.4, 0.5) is 5.69 Å². The predicted molar refractivity (Wildman–Crippen MR) is 63.4 cm³/mol. The number of rotatable bonds is 2. The third kappa shape index (κ3) is 2.12. The largest absolute Gasteiger partial charge is 0.370 e. The van der Waals surface area contributed by atoms with E-state index in [4.69, 9.17) is 0 Å².